The summed E-state index contributed by atoms with van der Waals surface area (Å²) in [6.45, 7) is 4.06. The van der Waals surface area contributed by atoms with E-state index in [1.54, 1.807) is 6.08 Å². The minimum Gasteiger partial charge on any atom is -0.465 e. The highest BCUT2D eigenvalue weighted by Gasteiger charge is 2.20. The minimum absolute atomic E-state index is 0.0984. The Hall–Kier alpha value is -1.05. The van der Waals surface area contributed by atoms with Crippen LogP contribution in [-0.2, 0) is 9.53 Å². The first kappa shape index (κ1) is 7.06. The first-order valence-electron chi connectivity index (χ1n) is 3.28. The summed E-state index contributed by atoms with van der Waals surface area (Å²) in [5.74, 6) is 0.171. The van der Waals surface area contributed by atoms with Gasteiger partial charge in [0.2, 0.25) is 0 Å². The third kappa shape index (κ3) is 1.72. The predicted molar refractivity (Wildman–Crippen MR) is 38.4 cm³/mol. The third-order valence-electron chi connectivity index (χ3n) is 1.41. The fourth-order valence-electron chi connectivity index (χ4n) is 0.891. The van der Waals surface area contributed by atoms with Crippen LogP contribution in [0.1, 0.15) is 6.42 Å². The van der Waals surface area contributed by atoms with Gasteiger partial charge in [-0.3, -0.25) is 4.79 Å². The number of rotatable bonds is 2. The maximum Gasteiger partial charge on any atom is 0.306 e. The molecule has 0 spiro atoms. The van der Waals surface area contributed by atoms with Crippen LogP contribution in [0, 0.1) is 5.92 Å². The van der Waals surface area contributed by atoms with E-state index in [1.807, 2.05) is 12.2 Å². The zero-order chi connectivity index (χ0) is 7.40. The molecule has 1 atom stereocenters. The summed E-state index contributed by atoms with van der Waals surface area (Å²) in [6.07, 6.45) is 6.00. The van der Waals surface area contributed by atoms with Gasteiger partial charge in [0.1, 0.15) is 0 Å². The van der Waals surface area contributed by atoms with Crippen molar-refractivity contribution in [2.45, 2.75) is 6.42 Å². The number of hydrogen-bond acceptors (Lipinski definition) is 2. The van der Waals surface area contributed by atoms with Gasteiger partial charge in [0.15, 0.2) is 0 Å². The highest BCUT2D eigenvalue weighted by molar-refractivity contribution is 5.71. The fourth-order valence-corrected chi connectivity index (χ4v) is 0.891. The number of carbonyl (C=O) groups excluding carboxylic acids is 1. The van der Waals surface area contributed by atoms with Crippen molar-refractivity contribution in [1.82, 2.24) is 0 Å². The van der Waals surface area contributed by atoms with E-state index in [1.165, 1.54) is 0 Å². The standard InChI is InChI=1S/C8H10O2/c1-2-3-4-7-5-8(9)10-6-7/h2-4,7H,1,5-6H2. The van der Waals surface area contributed by atoms with E-state index >= 15 is 0 Å². The van der Waals surface area contributed by atoms with E-state index < -0.39 is 0 Å². The molecular formula is C8H10O2. The molecule has 0 amide bonds. The summed E-state index contributed by atoms with van der Waals surface area (Å²) in [7, 11) is 0. The van der Waals surface area contributed by atoms with Crippen LogP contribution in [0.25, 0.3) is 0 Å². The number of ether oxygens (including phenoxy) is 1. The largest absolute Gasteiger partial charge is 0.465 e. The molecule has 1 rings (SSSR count). The molecule has 1 heterocycles. The van der Waals surface area contributed by atoms with Crippen molar-refractivity contribution in [1.29, 1.82) is 0 Å². The molecule has 54 valence electrons. The summed E-state index contributed by atoms with van der Waals surface area (Å²) in [5, 5.41) is 0. The lowest BCUT2D eigenvalue weighted by atomic mass is 10.1. The summed E-state index contributed by atoms with van der Waals surface area (Å²) >= 11 is 0. The number of hydrogen-bond donors (Lipinski definition) is 0. The number of carbonyl (C=O) groups is 1. The normalized spacial score (nSPS) is 25.2. The molecule has 1 fully saturated rings. The average molecular weight is 138 g/mol. The zero-order valence-corrected chi connectivity index (χ0v) is 5.75. The molecule has 2 heteroatoms. The van der Waals surface area contributed by atoms with Gasteiger partial charge in [-0.15, -0.1) is 0 Å². The van der Waals surface area contributed by atoms with Gasteiger partial charge in [-0.1, -0.05) is 24.8 Å². The van der Waals surface area contributed by atoms with Gasteiger partial charge in [-0.05, 0) is 0 Å². The SMILES string of the molecule is C=CC=CC1COC(=O)C1. The van der Waals surface area contributed by atoms with Crippen LogP contribution in [0.4, 0.5) is 0 Å². The van der Waals surface area contributed by atoms with E-state index in [-0.39, 0.29) is 11.9 Å². The fraction of sp³-hybridized carbons (Fsp3) is 0.375. The number of allylic oxidation sites excluding steroid dienone is 2. The third-order valence-corrected chi connectivity index (χ3v) is 1.41. The second-order valence-corrected chi connectivity index (χ2v) is 2.27. The van der Waals surface area contributed by atoms with E-state index in [4.69, 9.17) is 4.74 Å². The Labute approximate surface area is 60.2 Å². The molecule has 0 radical (unpaired) electrons. The van der Waals surface area contributed by atoms with Gasteiger partial charge >= 0.3 is 5.97 Å². The van der Waals surface area contributed by atoms with Crippen LogP contribution < -0.4 is 0 Å². The van der Waals surface area contributed by atoms with Crippen molar-refractivity contribution < 1.29 is 9.53 Å². The molecule has 0 N–H and O–H groups in total. The Balaban J connectivity index is 2.37. The molecule has 1 aliphatic heterocycles. The zero-order valence-electron chi connectivity index (χ0n) is 5.75. The predicted octanol–water partition coefficient (Wildman–Crippen LogP) is 1.29. The molecule has 0 saturated carbocycles. The quantitative estimate of drug-likeness (QED) is 0.424. The lowest BCUT2D eigenvalue weighted by Crippen LogP contribution is -1.92. The Bertz CT molecular complexity index is 170. The van der Waals surface area contributed by atoms with Crippen LogP contribution in [0.3, 0.4) is 0 Å². The Morgan fingerprint density at radius 2 is 2.50 bits per heavy atom. The maximum atomic E-state index is 10.5. The Morgan fingerprint density at radius 3 is 3.00 bits per heavy atom. The van der Waals surface area contributed by atoms with Crippen LogP contribution in [-0.4, -0.2) is 12.6 Å². The monoisotopic (exact) mass is 138 g/mol. The molecule has 0 bridgehead atoms. The molecule has 0 aromatic carbocycles. The van der Waals surface area contributed by atoms with Gasteiger partial charge in [-0.25, -0.2) is 0 Å². The molecule has 10 heavy (non-hydrogen) atoms. The first-order valence-corrected chi connectivity index (χ1v) is 3.28. The van der Waals surface area contributed by atoms with Gasteiger partial charge in [0.25, 0.3) is 0 Å². The van der Waals surface area contributed by atoms with Crippen LogP contribution >= 0.6 is 0 Å². The maximum absolute atomic E-state index is 10.5. The lowest BCUT2D eigenvalue weighted by Gasteiger charge is -1.92. The van der Waals surface area contributed by atoms with Gasteiger partial charge in [0.05, 0.1) is 13.0 Å². The first-order chi connectivity index (χ1) is 4.83. The topological polar surface area (TPSA) is 26.3 Å². The van der Waals surface area contributed by atoms with Crippen molar-refractivity contribution in [3.63, 3.8) is 0 Å². The number of esters is 1. The van der Waals surface area contributed by atoms with Crippen molar-refractivity contribution in [3.8, 4) is 0 Å². The summed E-state index contributed by atoms with van der Waals surface area (Å²) < 4.78 is 4.74. The molecule has 1 aliphatic rings. The average Bonchev–Trinajstić information content (AvgIpc) is 2.31. The van der Waals surface area contributed by atoms with Crippen molar-refractivity contribution in [2.24, 2.45) is 5.92 Å². The van der Waals surface area contributed by atoms with Crippen LogP contribution in [0.5, 0.6) is 0 Å². The van der Waals surface area contributed by atoms with E-state index in [0.717, 1.165) is 0 Å². The highest BCUT2D eigenvalue weighted by Crippen LogP contribution is 2.14. The van der Waals surface area contributed by atoms with Gasteiger partial charge in [-0.2, -0.15) is 0 Å². The molecule has 0 aromatic rings. The highest BCUT2D eigenvalue weighted by atomic mass is 16.5. The molecular weight excluding hydrogens is 128 g/mol. The van der Waals surface area contributed by atoms with E-state index in [9.17, 15) is 4.79 Å². The Morgan fingerprint density at radius 1 is 1.70 bits per heavy atom. The van der Waals surface area contributed by atoms with Crippen LogP contribution in [0.15, 0.2) is 24.8 Å². The summed E-state index contributed by atoms with van der Waals surface area (Å²) in [6, 6.07) is 0. The molecule has 1 unspecified atom stereocenters. The smallest absolute Gasteiger partial charge is 0.306 e. The van der Waals surface area contributed by atoms with Crippen LogP contribution in [0.2, 0.25) is 0 Å². The summed E-state index contributed by atoms with van der Waals surface area (Å²) in [4.78, 5) is 10.5. The molecule has 2 nitrogen and oxygen atoms in total. The van der Waals surface area contributed by atoms with Gasteiger partial charge in [0, 0.05) is 5.92 Å². The lowest BCUT2D eigenvalue weighted by molar-refractivity contribution is -0.137. The van der Waals surface area contributed by atoms with E-state index in [2.05, 4.69) is 6.58 Å². The molecule has 0 aliphatic carbocycles. The molecule has 1 saturated heterocycles. The summed E-state index contributed by atoms with van der Waals surface area (Å²) in [5.41, 5.74) is 0. The second-order valence-electron chi connectivity index (χ2n) is 2.27. The van der Waals surface area contributed by atoms with Gasteiger partial charge < -0.3 is 4.74 Å². The minimum atomic E-state index is -0.0984. The van der Waals surface area contributed by atoms with Crippen molar-refractivity contribution >= 4 is 5.97 Å². The van der Waals surface area contributed by atoms with E-state index in [0.29, 0.717) is 13.0 Å². The number of cyclic esters (lactones) is 1. The second kappa shape index (κ2) is 3.20. The van der Waals surface area contributed by atoms with Crippen molar-refractivity contribution in [2.75, 3.05) is 6.61 Å². The van der Waals surface area contributed by atoms with Crippen molar-refractivity contribution in [3.05, 3.63) is 24.8 Å². The molecule has 0 aromatic heterocycles. The Kier molecular flexibility index (Phi) is 2.26.